The largest absolute Gasteiger partial charge is 0.296 e. The maximum Gasteiger partial charge on any atom is 0.296 e. The molecule has 0 aliphatic rings. The van der Waals surface area contributed by atoms with Crippen LogP contribution in [0, 0.1) is 17.5 Å². The Morgan fingerprint density at radius 1 is 1.14 bits per heavy atom. The molecule has 8 heteroatoms. The van der Waals surface area contributed by atoms with Crippen LogP contribution < -0.4 is 9.86 Å². The molecule has 0 aromatic heterocycles. The van der Waals surface area contributed by atoms with Crippen molar-refractivity contribution in [1.82, 2.24) is 0 Å². The summed E-state index contributed by atoms with van der Waals surface area (Å²) in [5.74, 6) is -4.82. The van der Waals surface area contributed by atoms with Gasteiger partial charge in [-0.2, -0.15) is 8.42 Å². The van der Waals surface area contributed by atoms with Crippen molar-refractivity contribution >= 4 is 15.9 Å². The van der Waals surface area contributed by atoms with E-state index in [1.807, 2.05) is 0 Å². The summed E-state index contributed by atoms with van der Waals surface area (Å²) < 4.78 is 60.1. The predicted octanol–water partition coefficient (Wildman–Crippen LogP) is 0.719. The van der Waals surface area contributed by atoms with Crippen molar-refractivity contribution in [2.75, 3.05) is 4.72 Å². The van der Waals surface area contributed by atoms with Crippen LogP contribution in [0.3, 0.4) is 0 Å². The van der Waals surface area contributed by atoms with E-state index < -0.39 is 33.3 Å². The van der Waals surface area contributed by atoms with Crippen LogP contribution in [0.2, 0.25) is 0 Å². The number of nitrogens with one attached hydrogen (secondary N) is 1. The van der Waals surface area contributed by atoms with Crippen LogP contribution in [0.4, 0.5) is 18.9 Å². The molecule has 1 aromatic rings. The molecule has 14 heavy (non-hydrogen) atoms. The third-order valence-corrected chi connectivity index (χ3v) is 1.79. The highest BCUT2D eigenvalue weighted by Gasteiger charge is 2.15. The molecule has 0 heterocycles. The third-order valence-electron chi connectivity index (χ3n) is 1.29. The number of hydrogen-bond acceptors (Lipinski definition) is 2. The Hall–Kier alpha value is -1.28. The Morgan fingerprint density at radius 3 is 2.21 bits per heavy atom. The van der Waals surface area contributed by atoms with E-state index in [4.69, 9.17) is 0 Å². The topological polar surface area (TPSA) is 72.2 Å². The van der Waals surface area contributed by atoms with E-state index in [0.29, 0.717) is 6.07 Å². The van der Waals surface area contributed by atoms with E-state index in [0.717, 1.165) is 6.07 Å². The first-order valence-electron chi connectivity index (χ1n) is 3.25. The average molecular weight is 226 g/mol. The number of anilines is 1. The van der Waals surface area contributed by atoms with Gasteiger partial charge in [0.2, 0.25) is 0 Å². The summed E-state index contributed by atoms with van der Waals surface area (Å²) in [6.45, 7) is 0. The maximum absolute atomic E-state index is 12.8. The molecule has 0 aliphatic carbocycles. The van der Waals surface area contributed by atoms with E-state index in [1.54, 1.807) is 0 Å². The first-order valence-corrected chi connectivity index (χ1v) is 4.80. The molecule has 3 N–H and O–H groups in total. The van der Waals surface area contributed by atoms with Gasteiger partial charge in [0.05, 0.1) is 5.69 Å². The van der Waals surface area contributed by atoms with E-state index in [9.17, 15) is 21.6 Å². The summed E-state index contributed by atoms with van der Waals surface area (Å²) in [7, 11) is -4.21. The molecule has 0 atom stereocenters. The van der Waals surface area contributed by atoms with Gasteiger partial charge >= 0.3 is 0 Å². The molecule has 0 spiro atoms. The molecule has 0 saturated carbocycles. The molecule has 1 aromatic carbocycles. The molecular weight excluding hydrogens is 221 g/mol. The minimum absolute atomic E-state index is 0.575. The molecule has 0 bridgehead atoms. The zero-order valence-corrected chi connectivity index (χ0v) is 7.41. The fourth-order valence-corrected chi connectivity index (χ4v) is 1.22. The van der Waals surface area contributed by atoms with E-state index in [2.05, 4.69) is 5.14 Å². The van der Waals surface area contributed by atoms with Gasteiger partial charge in [-0.05, 0) is 12.1 Å². The molecule has 1 rings (SSSR count). The van der Waals surface area contributed by atoms with Crippen molar-refractivity contribution in [3.8, 4) is 0 Å². The summed E-state index contributed by atoms with van der Waals surface area (Å²) in [6, 6.07) is 1.30. The minimum atomic E-state index is -4.21. The summed E-state index contributed by atoms with van der Waals surface area (Å²) >= 11 is 0. The molecule has 0 radical (unpaired) electrons. The van der Waals surface area contributed by atoms with Crippen LogP contribution in [-0.4, -0.2) is 8.42 Å². The van der Waals surface area contributed by atoms with Crippen LogP contribution in [0.25, 0.3) is 0 Å². The van der Waals surface area contributed by atoms with Gasteiger partial charge in [-0.1, -0.05) is 0 Å². The second kappa shape index (κ2) is 3.46. The Balaban J connectivity index is 3.19. The summed E-state index contributed by atoms with van der Waals surface area (Å²) in [5.41, 5.74) is -0.744. The van der Waals surface area contributed by atoms with E-state index in [-0.39, 0.29) is 0 Å². The van der Waals surface area contributed by atoms with Gasteiger partial charge in [0, 0.05) is 0 Å². The number of rotatable bonds is 2. The third kappa shape index (κ3) is 2.36. The van der Waals surface area contributed by atoms with Gasteiger partial charge < -0.3 is 0 Å². The van der Waals surface area contributed by atoms with Gasteiger partial charge in [0.25, 0.3) is 10.2 Å². The van der Waals surface area contributed by atoms with Gasteiger partial charge in [-0.25, -0.2) is 18.3 Å². The maximum atomic E-state index is 12.8. The van der Waals surface area contributed by atoms with Crippen LogP contribution in [0.15, 0.2) is 12.1 Å². The quantitative estimate of drug-likeness (QED) is 0.729. The summed E-state index contributed by atoms with van der Waals surface area (Å²) in [4.78, 5) is 0. The second-order valence-corrected chi connectivity index (χ2v) is 3.66. The summed E-state index contributed by atoms with van der Waals surface area (Å²) in [6.07, 6.45) is 0. The second-order valence-electron chi connectivity index (χ2n) is 2.37. The van der Waals surface area contributed by atoms with Crippen LogP contribution in [0.1, 0.15) is 0 Å². The lowest BCUT2D eigenvalue weighted by atomic mass is 10.3. The van der Waals surface area contributed by atoms with E-state index in [1.165, 1.54) is 4.72 Å². The van der Waals surface area contributed by atoms with Crippen molar-refractivity contribution in [3.05, 3.63) is 29.6 Å². The minimum Gasteiger partial charge on any atom is -0.268 e. The molecule has 0 aliphatic heterocycles. The molecule has 0 fully saturated rings. The first kappa shape index (κ1) is 10.8. The predicted molar refractivity (Wildman–Crippen MR) is 43.0 cm³/mol. The smallest absolute Gasteiger partial charge is 0.268 e. The van der Waals surface area contributed by atoms with Gasteiger partial charge in [0.15, 0.2) is 17.5 Å². The summed E-state index contributed by atoms with van der Waals surface area (Å²) in [5, 5.41) is 4.50. The zero-order valence-electron chi connectivity index (χ0n) is 6.59. The SMILES string of the molecule is NS(=O)(=O)Nc1ccc(F)c(F)c1F. The van der Waals surface area contributed by atoms with E-state index >= 15 is 0 Å². The highest BCUT2D eigenvalue weighted by Crippen LogP contribution is 2.19. The zero-order chi connectivity index (χ0) is 10.9. The number of halogens is 3. The van der Waals surface area contributed by atoms with Gasteiger partial charge in [-0.15, -0.1) is 0 Å². The molecule has 4 nitrogen and oxygen atoms in total. The lowest BCUT2D eigenvalue weighted by Gasteiger charge is -2.05. The van der Waals surface area contributed by atoms with Crippen molar-refractivity contribution in [3.63, 3.8) is 0 Å². The Kier molecular flexibility index (Phi) is 2.67. The van der Waals surface area contributed by atoms with Crippen molar-refractivity contribution in [2.24, 2.45) is 5.14 Å². The molecule has 0 unspecified atom stereocenters. The molecule has 0 amide bonds. The standard InChI is InChI=1S/C6H5F3N2O2S/c7-3-1-2-4(6(9)5(3)8)11-14(10,12)13/h1-2,11H,(H2,10,12,13). The lowest BCUT2D eigenvalue weighted by molar-refractivity contribution is 0.449. The fourth-order valence-electron chi connectivity index (χ4n) is 0.758. The highest BCUT2D eigenvalue weighted by molar-refractivity contribution is 7.90. The average Bonchev–Trinajstić information content (AvgIpc) is 2.04. The fraction of sp³-hybridized carbons (Fsp3) is 0. The molecular formula is C6H5F3N2O2S. The number of hydrogen-bond donors (Lipinski definition) is 2. The van der Waals surface area contributed by atoms with Gasteiger partial charge in [-0.3, -0.25) is 4.72 Å². The van der Waals surface area contributed by atoms with Crippen LogP contribution in [0.5, 0.6) is 0 Å². The normalized spacial score (nSPS) is 11.4. The van der Waals surface area contributed by atoms with Gasteiger partial charge in [0.1, 0.15) is 0 Å². The van der Waals surface area contributed by atoms with Crippen molar-refractivity contribution < 1.29 is 21.6 Å². The molecule has 78 valence electrons. The van der Waals surface area contributed by atoms with Crippen molar-refractivity contribution in [1.29, 1.82) is 0 Å². The monoisotopic (exact) mass is 226 g/mol. The van der Waals surface area contributed by atoms with Crippen molar-refractivity contribution in [2.45, 2.75) is 0 Å². The lowest BCUT2D eigenvalue weighted by Crippen LogP contribution is -2.22. The van der Waals surface area contributed by atoms with Crippen LogP contribution in [-0.2, 0) is 10.2 Å². The first-order chi connectivity index (χ1) is 6.31. The highest BCUT2D eigenvalue weighted by atomic mass is 32.2. The Morgan fingerprint density at radius 2 is 1.71 bits per heavy atom. The Bertz CT molecular complexity index is 460. The van der Waals surface area contributed by atoms with Crippen LogP contribution >= 0.6 is 0 Å². The molecule has 0 saturated heterocycles. The number of nitrogens with two attached hydrogens (primary N) is 1. The number of benzene rings is 1. The Labute approximate surface area is 77.7 Å².